The van der Waals surface area contributed by atoms with E-state index in [9.17, 15) is 13.2 Å². The second-order valence-corrected chi connectivity index (χ2v) is 7.98. The molecule has 1 N–H and O–H groups in total. The number of nitrogens with zero attached hydrogens (tertiary/aromatic N) is 1. The Morgan fingerprint density at radius 1 is 1.29 bits per heavy atom. The predicted octanol–water partition coefficient (Wildman–Crippen LogP) is 1.79. The van der Waals surface area contributed by atoms with Crippen LogP contribution >= 0.6 is 24.0 Å². The van der Waals surface area contributed by atoms with Gasteiger partial charge in [-0.05, 0) is 23.8 Å². The largest absolute Gasteiger partial charge is 0.493 e. The number of benzene rings is 1. The first-order valence-corrected chi connectivity index (χ1v) is 9.51. The topological polar surface area (TPSA) is 93.1 Å². The second-order valence-electron chi connectivity index (χ2n) is 4.73. The lowest BCUT2D eigenvalue weighted by Gasteiger charge is -2.12. The maximum atomic E-state index is 12.3. The molecule has 1 aliphatic rings. The number of amides is 1. The number of carbonyl (C=O) groups excluding carboxylic acids is 1. The molecule has 1 saturated heterocycles. The Kier molecular flexibility index (Phi) is 5.86. The van der Waals surface area contributed by atoms with Crippen LogP contribution in [0.1, 0.15) is 5.56 Å². The lowest BCUT2D eigenvalue weighted by atomic mass is 10.2. The van der Waals surface area contributed by atoms with Crippen molar-refractivity contribution in [2.45, 2.75) is 0 Å². The van der Waals surface area contributed by atoms with E-state index in [1.807, 2.05) is 0 Å². The number of hydrogen-bond acceptors (Lipinski definition) is 7. The van der Waals surface area contributed by atoms with Gasteiger partial charge in [-0.15, -0.1) is 0 Å². The third-order valence-electron chi connectivity index (χ3n) is 3.15. The van der Waals surface area contributed by atoms with E-state index >= 15 is 0 Å². The van der Waals surface area contributed by atoms with Crippen LogP contribution in [0.4, 0.5) is 0 Å². The minimum atomic E-state index is -4.16. The standard InChI is InChI=1S/C14H15NO6S3/c1-20-10-4-3-9(7-11(10)21-2)8-12-13(16)15(14(22)23-12)5-6-24(17,18)19/h3-4,7-8H,5-6H2,1-2H3,(H,17,18,19)/b12-8-. The van der Waals surface area contributed by atoms with Crippen LogP contribution in [0.15, 0.2) is 23.1 Å². The van der Waals surface area contributed by atoms with Crippen molar-refractivity contribution in [3.8, 4) is 11.5 Å². The molecule has 1 aromatic rings. The van der Waals surface area contributed by atoms with Crippen LogP contribution in [-0.4, -0.2) is 54.6 Å². The van der Waals surface area contributed by atoms with Gasteiger partial charge in [0.1, 0.15) is 4.32 Å². The van der Waals surface area contributed by atoms with Crippen LogP contribution in [-0.2, 0) is 14.9 Å². The zero-order chi connectivity index (χ0) is 17.9. The molecule has 1 aliphatic heterocycles. The molecule has 0 radical (unpaired) electrons. The van der Waals surface area contributed by atoms with Gasteiger partial charge in [-0.3, -0.25) is 14.2 Å². The van der Waals surface area contributed by atoms with E-state index in [2.05, 4.69) is 0 Å². The third kappa shape index (κ3) is 4.47. The molecule has 7 nitrogen and oxygen atoms in total. The Morgan fingerprint density at radius 3 is 2.54 bits per heavy atom. The Balaban J connectivity index is 2.22. The maximum absolute atomic E-state index is 12.3. The number of carbonyl (C=O) groups is 1. The molecule has 1 amide bonds. The van der Waals surface area contributed by atoms with Gasteiger partial charge in [-0.2, -0.15) is 8.42 Å². The lowest BCUT2D eigenvalue weighted by molar-refractivity contribution is -0.121. The minimum Gasteiger partial charge on any atom is -0.493 e. The monoisotopic (exact) mass is 389 g/mol. The summed E-state index contributed by atoms with van der Waals surface area (Å²) in [6.07, 6.45) is 1.63. The summed E-state index contributed by atoms with van der Waals surface area (Å²) in [5.74, 6) is 0.121. The summed E-state index contributed by atoms with van der Waals surface area (Å²) in [4.78, 5) is 13.8. The molecule has 10 heteroatoms. The molecule has 0 saturated carbocycles. The van der Waals surface area contributed by atoms with Gasteiger partial charge in [-0.1, -0.05) is 30.0 Å². The van der Waals surface area contributed by atoms with Crippen molar-refractivity contribution in [3.05, 3.63) is 28.7 Å². The smallest absolute Gasteiger partial charge is 0.266 e. The molecule has 24 heavy (non-hydrogen) atoms. The number of methoxy groups -OCH3 is 2. The van der Waals surface area contributed by atoms with Crippen LogP contribution in [0.25, 0.3) is 6.08 Å². The van der Waals surface area contributed by atoms with E-state index in [1.54, 1.807) is 24.3 Å². The number of thiocarbonyl (C=S) groups is 1. The summed E-state index contributed by atoms with van der Waals surface area (Å²) in [5, 5.41) is 0. The summed E-state index contributed by atoms with van der Waals surface area (Å²) in [7, 11) is -1.13. The van der Waals surface area contributed by atoms with Crippen molar-refractivity contribution in [2.24, 2.45) is 0 Å². The van der Waals surface area contributed by atoms with Crippen molar-refractivity contribution in [2.75, 3.05) is 26.5 Å². The SMILES string of the molecule is COc1ccc(/C=C2\SC(=S)N(CCS(=O)(=O)O)C2=O)cc1OC. The predicted molar refractivity (Wildman–Crippen MR) is 95.8 cm³/mol. The molecule has 0 aromatic heterocycles. The van der Waals surface area contributed by atoms with Gasteiger partial charge in [-0.25, -0.2) is 0 Å². The molecule has 1 heterocycles. The van der Waals surface area contributed by atoms with E-state index in [0.717, 1.165) is 16.7 Å². The fraction of sp³-hybridized carbons (Fsp3) is 0.286. The van der Waals surface area contributed by atoms with Crippen LogP contribution in [0.2, 0.25) is 0 Å². The average molecular weight is 389 g/mol. The minimum absolute atomic E-state index is 0.188. The van der Waals surface area contributed by atoms with Gasteiger partial charge in [0.15, 0.2) is 11.5 Å². The van der Waals surface area contributed by atoms with Gasteiger partial charge in [0.25, 0.3) is 16.0 Å². The van der Waals surface area contributed by atoms with Crippen molar-refractivity contribution in [1.82, 2.24) is 4.90 Å². The zero-order valence-corrected chi connectivity index (χ0v) is 15.3. The first-order chi connectivity index (χ1) is 11.2. The number of ether oxygens (including phenoxy) is 2. The van der Waals surface area contributed by atoms with Crippen molar-refractivity contribution in [1.29, 1.82) is 0 Å². The summed E-state index contributed by atoms with van der Waals surface area (Å²) in [5.41, 5.74) is 0.711. The van der Waals surface area contributed by atoms with E-state index in [0.29, 0.717) is 22.0 Å². The maximum Gasteiger partial charge on any atom is 0.266 e. The average Bonchev–Trinajstić information content (AvgIpc) is 2.78. The van der Waals surface area contributed by atoms with Crippen molar-refractivity contribution in [3.63, 3.8) is 0 Å². The first-order valence-electron chi connectivity index (χ1n) is 6.67. The summed E-state index contributed by atoms with van der Waals surface area (Å²) >= 11 is 6.16. The molecule has 130 valence electrons. The summed E-state index contributed by atoms with van der Waals surface area (Å²) in [6, 6.07) is 5.18. The number of thioether (sulfide) groups is 1. The Morgan fingerprint density at radius 2 is 1.96 bits per heavy atom. The van der Waals surface area contributed by atoms with Crippen LogP contribution in [0.5, 0.6) is 11.5 Å². The van der Waals surface area contributed by atoms with E-state index < -0.39 is 21.8 Å². The highest BCUT2D eigenvalue weighted by atomic mass is 32.2. The Bertz CT molecular complexity index is 803. The highest BCUT2D eigenvalue weighted by Crippen LogP contribution is 2.34. The summed E-state index contributed by atoms with van der Waals surface area (Å²) in [6.45, 7) is -0.188. The molecular formula is C14H15NO6S3. The third-order valence-corrected chi connectivity index (χ3v) is 5.23. The van der Waals surface area contributed by atoms with Gasteiger partial charge >= 0.3 is 0 Å². The van der Waals surface area contributed by atoms with Crippen LogP contribution in [0, 0.1) is 0 Å². The molecule has 0 aliphatic carbocycles. The highest BCUT2D eigenvalue weighted by molar-refractivity contribution is 8.26. The molecule has 0 atom stereocenters. The molecule has 0 unspecified atom stereocenters. The Labute approximate surface area is 149 Å². The fourth-order valence-corrected chi connectivity index (χ4v) is 3.72. The quantitative estimate of drug-likeness (QED) is 0.447. The zero-order valence-electron chi connectivity index (χ0n) is 12.9. The summed E-state index contributed by atoms with van der Waals surface area (Å²) < 4.78 is 41.1. The Hall–Kier alpha value is -1.62. The van der Waals surface area contributed by atoms with Gasteiger partial charge < -0.3 is 9.47 Å². The van der Waals surface area contributed by atoms with E-state index in [-0.39, 0.29) is 10.9 Å². The number of hydrogen-bond donors (Lipinski definition) is 1. The van der Waals surface area contributed by atoms with E-state index in [1.165, 1.54) is 14.2 Å². The second kappa shape index (κ2) is 7.51. The van der Waals surface area contributed by atoms with E-state index in [4.69, 9.17) is 26.2 Å². The highest BCUT2D eigenvalue weighted by Gasteiger charge is 2.32. The number of rotatable bonds is 6. The molecule has 0 bridgehead atoms. The lowest BCUT2D eigenvalue weighted by Crippen LogP contribution is -2.32. The molecule has 1 aromatic carbocycles. The molecule has 1 fully saturated rings. The van der Waals surface area contributed by atoms with Gasteiger partial charge in [0, 0.05) is 6.54 Å². The molecular weight excluding hydrogens is 374 g/mol. The fourth-order valence-electron chi connectivity index (χ4n) is 1.99. The first kappa shape index (κ1) is 18.7. The van der Waals surface area contributed by atoms with Crippen molar-refractivity contribution >= 4 is 50.4 Å². The molecule has 2 rings (SSSR count). The van der Waals surface area contributed by atoms with Crippen LogP contribution in [0.3, 0.4) is 0 Å². The normalized spacial score (nSPS) is 16.8. The van der Waals surface area contributed by atoms with Gasteiger partial charge in [0.2, 0.25) is 0 Å². The van der Waals surface area contributed by atoms with Gasteiger partial charge in [0.05, 0.1) is 24.9 Å². The van der Waals surface area contributed by atoms with Crippen molar-refractivity contribution < 1.29 is 27.2 Å². The van der Waals surface area contributed by atoms with Crippen LogP contribution < -0.4 is 9.47 Å². The molecule has 0 spiro atoms.